The summed E-state index contributed by atoms with van der Waals surface area (Å²) in [6, 6.07) is 12.2. The van der Waals surface area contributed by atoms with Gasteiger partial charge in [0.1, 0.15) is 6.61 Å². The smallest absolute Gasteiger partial charge is 0.338 e. The fourth-order valence-corrected chi connectivity index (χ4v) is 2.02. The van der Waals surface area contributed by atoms with Crippen molar-refractivity contribution in [1.29, 1.82) is 0 Å². The number of benzene rings is 1. The van der Waals surface area contributed by atoms with Gasteiger partial charge in [-0.1, -0.05) is 12.1 Å². The molecule has 1 heterocycles. The van der Waals surface area contributed by atoms with E-state index in [1.807, 2.05) is 6.07 Å². The second-order valence-corrected chi connectivity index (χ2v) is 5.24. The number of amides is 1. The van der Waals surface area contributed by atoms with E-state index < -0.39 is 5.97 Å². The Labute approximate surface area is 128 Å². The molecule has 0 radical (unpaired) electrons. The molecule has 3 rings (SSSR count). The van der Waals surface area contributed by atoms with Crippen LogP contribution in [0.3, 0.4) is 0 Å². The van der Waals surface area contributed by atoms with Gasteiger partial charge in [0.05, 0.1) is 11.3 Å². The SMILES string of the molecule is O=C(OCc1ccccn1)c1cccc(NC(=O)C2CC2)c1. The van der Waals surface area contributed by atoms with Gasteiger partial charge in [0, 0.05) is 17.8 Å². The third-order valence-corrected chi connectivity index (χ3v) is 3.39. The van der Waals surface area contributed by atoms with Gasteiger partial charge in [-0.05, 0) is 43.2 Å². The first-order valence-corrected chi connectivity index (χ1v) is 7.20. The van der Waals surface area contributed by atoms with Crippen LogP contribution in [0.2, 0.25) is 0 Å². The first-order chi connectivity index (χ1) is 10.7. The fraction of sp³-hybridized carbons (Fsp3) is 0.235. The summed E-state index contributed by atoms with van der Waals surface area (Å²) >= 11 is 0. The standard InChI is InChI=1S/C17H16N2O3/c20-16(12-7-8-12)19-14-6-3-4-13(10-14)17(21)22-11-15-5-1-2-9-18-15/h1-6,9-10,12H,7-8,11H2,(H,19,20). The highest BCUT2D eigenvalue weighted by Crippen LogP contribution is 2.30. The van der Waals surface area contributed by atoms with Crippen LogP contribution in [-0.4, -0.2) is 16.9 Å². The van der Waals surface area contributed by atoms with Crippen LogP contribution in [0.25, 0.3) is 0 Å². The quantitative estimate of drug-likeness (QED) is 0.861. The fourth-order valence-electron chi connectivity index (χ4n) is 2.02. The van der Waals surface area contributed by atoms with Crippen molar-refractivity contribution in [2.24, 2.45) is 5.92 Å². The molecule has 1 saturated carbocycles. The van der Waals surface area contributed by atoms with Crippen LogP contribution in [0.1, 0.15) is 28.9 Å². The second-order valence-electron chi connectivity index (χ2n) is 5.24. The van der Waals surface area contributed by atoms with Crippen molar-refractivity contribution in [1.82, 2.24) is 4.98 Å². The van der Waals surface area contributed by atoms with Gasteiger partial charge in [0.15, 0.2) is 0 Å². The average Bonchev–Trinajstić information content (AvgIpc) is 3.39. The molecular weight excluding hydrogens is 280 g/mol. The highest BCUT2D eigenvalue weighted by atomic mass is 16.5. The molecule has 1 aromatic carbocycles. The monoisotopic (exact) mass is 296 g/mol. The number of pyridine rings is 1. The van der Waals surface area contributed by atoms with Gasteiger partial charge in [0.2, 0.25) is 5.91 Å². The van der Waals surface area contributed by atoms with E-state index in [1.165, 1.54) is 0 Å². The normalized spacial score (nSPS) is 13.5. The molecule has 1 aromatic heterocycles. The van der Waals surface area contributed by atoms with Crippen LogP contribution in [0.5, 0.6) is 0 Å². The number of anilines is 1. The summed E-state index contributed by atoms with van der Waals surface area (Å²) in [7, 11) is 0. The van der Waals surface area contributed by atoms with Crippen molar-refractivity contribution in [2.75, 3.05) is 5.32 Å². The lowest BCUT2D eigenvalue weighted by molar-refractivity contribution is -0.117. The molecule has 1 fully saturated rings. The van der Waals surface area contributed by atoms with Gasteiger partial charge in [0.25, 0.3) is 0 Å². The van der Waals surface area contributed by atoms with Gasteiger partial charge in [-0.3, -0.25) is 9.78 Å². The van der Waals surface area contributed by atoms with E-state index in [-0.39, 0.29) is 18.4 Å². The molecule has 5 heteroatoms. The number of carbonyl (C=O) groups excluding carboxylic acids is 2. The number of aromatic nitrogens is 1. The number of nitrogens with zero attached hydrogens (tertiary/aromatic N) is 1. The Balaban J connectivity index is 1.61. The van der Waals surface area contributed by atoms with E-state index in [9.17, 15) is 9.59 Å². The predicted octanol–water partition coefficient (Wildman–Crippen LogP) is 2.79. The number of hydrogen-bond donors (Lipinski definition) is 1. The van der Waals surface area contributed by atoms with Crippen LogP contribution >= 0.6 is 0 Å². The molecule has 0 spiro atoms. The maximum Gasteiger partial charge on any atom is 0.338 e. The largest absolute Gasteiger partial charge is 0.456 e. The molecule has 22 heavy (non-hydrogen) atoms. The number of nitrogens with one attached hydrogen (secondary N) is 1. The van der Waals surface area contributed by atoms with E-state index in [2.05, 4.69) is 10.3 Å². The molecule has 112 valence electrons. The predicted molar refractivity (Wildman–Crippen MR) is 81.2 cm³/mol. The minimum atomic E-state index is -0.437. The molecule has 2 aromatic rings. The van der Waals surface area contributed by atoms with E-state index >= 15 is 0 Å². The lowest BCUT2D eigenvalue weighted by Gasteiger charge is -2.07. The van der Waals surface area contributed by atoms with Gasteiger partial charge < -0.3 is 10.1 Å². The van der Waals surface area contributed by atoms with Crippen molar-refractivity contribution < 1.29 is 14.3 Å². The van der Waals surface area contributed by atoms with Crippen molar-refractivity contribution in [3.63, 3.8) is 0 Å². The lowest BCUT2D eigenvalue weighted by atomic mass is 10.2. The molecule has 0 atom stereocenters. The Morgan fingerprint density at radius 1 is 1.18 bits per heavy atom. The Bertz CT molecular complexity index is 681. The zero-order chi connectivity index (χ0) is 15.4. The van der Waals surface area contributed by atoms with Crippen molar-refractivity contribution in [2.45, 2.75) is 19.4 Å². The topological polar surface area (TPSA) is 68.3 Å². The second kappa shape index (κ2) is 6.39. The van der Waals surface area contributed by atoms with Crippen LogP contribution in [0, 0.1) is 5.92 Å². The third-order valence-electron chi connectivity index (χ3n) is 3.39. The Morgan fingerprint density at radius 3 is 2.77 bits per heavy atom. The minimum Gasteiger partial charge on any atom is -0.456 e. The van der Waals surface area contributed by atoms with Crippen molar-refractivity contribution >= 4 is 17.6 Å². The number of carbonyl (C=O) groups is 2. The molecule has 1 amide bonds. The Morgan fingerprint density at radius 2 is 2.05 bits per heavy atom. The Kier molecular flexibility index (Phi) is 4.14. The highest BCUT2D eigenvalue weighted by Gasteiger charge is 2.29. The van der Waals surface area contributed by atoms with Crippen molar-refractivity contribution in [3.8, 4) is 0 Å². The maximum absolute atomic E-state index is 12.0. The van der Waals surface area contributed by atoms with Gasteiger partial charge in [-0.25, -0.2) is 4.79 Å². The molecule has 0 unspecified atom stereocenters. The summed E-state index contributed by atoms with van der Waals surface area (Å²) in [5.74, 6) is -0.299. The first-order valence-electron chi connectivity index (χ1n) is 7.20. The van der Waals surface area contributed by atoms with Crippen LogP contribution in [0.15, 0.2) is 48.7 Å². The van der Waals surface area contributed by atoms with Crippen molar-refractivity contribution in [3.05, 3.63) is 59.9 Å². The summed E-state index contributed by atoms with van der Waals surface area (Å²) in [5.41, 5.74) is 1.71. The van der Waals surface area contributed by atoms with E-state index in [0.717, 1.165) is 12.8 Å². The van der Waals surface area contributed by atoms with E-state index in [4.69, 9.17) is 4.74 Å². The first kappa shape index (κ1) is 14.3. The van der Waals surface area contributed by atoms with E-state index in [1.54, 1.807) is 42.6 Å². The maximum atomic E-state index is 12.0. The molecule has 1 N–H and O–H groups in total. The highest BCUT2D eigenvalue weighted by molar-refractivity contribution is 5.96. The average molecular weight is 296 g/mol. The zero-order valence-corrected chi connectivity index (χ0v) is 12.0. The number of esters is 1. The molecule has 0 aliphatic heterocycles. The summed E-state index contributed by atoms with van der Waals surface area (Å²) in [4.78, 5) is 27.9. The van der Waals surface area contributed by atoms with Crippen LogP contribution < -0.4 is 5.32 Å². The lowest BCUT2D eigenvalue weighted by Crippen LogP contribution is -2.14. The third kappa shape index (κ3) is 3.69. The van der Waals surface area contributed by atoms with Gasteiger partial charge in [-0.2, -0.15) is 0 Å². The number of ether oxygens (including phenoxy) is 1. The molecule has 1 aliphatic rings. The summed E-state index contributed by atoms with van der Waals surface area (Å²) < 4.78 is 5.22. The molecule has 5 nitrogen and oxygen atoms in total. The van der Waals surface area contributed by atoms with Crippen LogP contribution in [-0.2, 0) is 16.1 Å². The van der Waals surface area contributed by atoms with Gasteiger partial charge >= 0.3 is 5.97 Å². The minimum absolute atomic E-state index is 0.0130. The number of hydrogen-bond acceptors (Lipinski definition) is 4. The molecule has 1 aliphatic carbocycles. The van der Waals surface area contributed by atoms with Gasteiger partial charge in [-0.15, -0.1) is 0 Å². The molecule has 0 saturated heterocycles. The molecule has 0 bridgehead atoms. The Hall–Kier alpha value is -2.69. The molecular formula is C17H16N2O3. The zero-order valence-electron chi connectivity index (χ0n) is 12.0. The van der Waals surface area contributed by atoms with Crippen LogP contribution in [0.4, 0.5) is 5.69 Å². The summed E-state index contributed by atoms with van der Waals surface area (Å²) in [6.45, 7) is 0.123. The summed E-state index contributed by atoms with van der Waals surface area (Å²) in [5, 5.41) is 2.81. The van der Waals surface area contributed by atoms with E-state index in [0.29, 0.717) is 16.9 Å². The summed E-state index contributed by atoms with van der Waals surface area (Å²) in [6.07, 6.45) is 3.53. The number of rotatable bonds is 5.